The number of aliphatic hydroxyl groups excluding tert-OH is 1. The van der Waals surface area contributed by atoms with Gasteiger partial charge in [0.1, 0.15) is 24.1 Å². The smallest absolute Gasteiger partial charge is 0.416 e. The molecule has 0 bridgehead atoms. The van der Waals surface area contributed by atoms with Crippen molar-refractivity contribution < 1.29 is 27.5 Å². The van der Waals surface area contributed by atoms with E-state index in [0.29, 0.717) is 12.1 Å². The van der Waals surface area contributed by atoms with Crippen molar-refractivity contribution >= 4 is 11.5 Å². The van der Waals surface area contributed by atoms with Crippen molar-refractivity contribution in [2.45, 2.75) is 33.6 Å². The normalized spacial score (nSPS) is 13.3. The number of benzene rings is 1. The van der Waals surface area contributed by atoms with Gasteiger partial charge in [0.2, 0.25) is 0 Å². The van der Waals surface area contributed by atoms with Crippen molar-refractivity contribution in [2.75, 3.05) is 0 Å². The van der Waals surface area contributed by atoms with Gasteiger partial charge < -0.3 is 5.11 Å². The van der Waals surface area contributed by atoms with E-state index in [1.54, 1.807) is 0 Å². The van der Waals surface area contributed by atoms with E-state index >= 15 is 0 Å². The highest BCUT2D eigenvalue weighted by Gasteiger charge is 2.32. The number of allylic oxidation sites excluding steroid dienone is 1. The Kier molecular flexibility index (Phi) is 5.20. The van der Waals surface area contributed by atoms with Crippen LogP contribution in [0.15, 0.2) is 23.8 Å². The molecule has 0 saturated carbocycles. The number of hydrogen-bond donors (Lipinski definition) is 1. The van der Waals surface area contributed by atoms with E-state index < -0.39 is 46.5 Å². The van der Waals surface area contributed by atoms with Gasteiger partial charge in [-0.2, -0.15) is 18.4 Å². The van der Waals surface area contributed by atoms with Gasteiger partial charge in [0.15, 0.2) is 5.78 Å². The highest BCUT2D eigenvalue weighted by molar-refractivity contribution is 6.07. The first kappa shape index (κ1) is 18.7. The van der Waals surface area contributed by atoms with Gasteiger partial charge in [0.25, 0.3) is 0 Å². The maximum absolute atomic E-state index is 13.0. The Hall–Kier alpha value is -2.36. The molecule has 1 N–H and O–H groups in total. The molecule has 0 spiro atoms. The molecular formula is C16H15F4NO2. The quantitative estimate of drug-likeness (QED) is 0.382. The Morgan fingerprint density at radius 2 is 1.83 bits per heavy atom. The summed E-state index contributed by atoms with van der Waals surface area (Å²) in [6.07, 6.45) is -4.67. The molecule has 23 heavy (non-hydrogen) atoms. The molecule has 3 nitrogen and oxygen atoms in total. The number of nitriles is 1. The number of ketones is 1. The van der Waals surface area contributed by atoms with Gasteiger partial charge >= 0.3 is 6.18 Å². The molecule has 0 aliphatic heterocycles. The summed E-state index contributed by atoms with van der Waals surface area (Å²) < 4.78 is 51.0. The Bertz CT molecular complexity index is 692. The van der Waals surface area contributed by atoms with Crippen molar-refractivity contribution in [3.05, 3.63) is 40.5 Å². The highest BCUT2D eigenvalue weighted by atomic mass is 19.4. The summed E-state index contributed by atoms with van der Waals surface area (Å²) in [4.78, 5) is 12.1. The minimum atomic E-state index is -4.67. The number of Topliss-reactive ketones (excluding diaryl/α,β-unsaturated/α-hetero) is 1. The number of hydrogen-bond acceptors (Lipinski definition) is 3. The molecule has 1 aromatic rings. The molecule has 0 heterocycles. The lowest BCUT2D eigenvalue weighted by atomic mass is 9.85. The van der Waals surface area contributed by atoms with E-state index in [4.69, 9.17) is 5.26 Å². The first-order valence-electron chi connectivity index (χ1n) is 6.58. The monoisotopic (exact) mass is 329 g/mol. The van der Waals surface area contributed by atoms with Crippen LogP contribution in [0.4, 0.5) is 17.6 Å². The molecule has 7 heteroatoms. The number of rotatable bonds is 3. The molecule has 0 aliphatic rings. The van der Waals surface area contributed by atoms with Gasteiger partial charge in [-0.3, -0.25) is 4.79 Å². The van der Waals surface area contributed by atoms with Crippen molar-refractivity contribution in [3.8, 4) is 6.07 Å². The number of carbonyl (C=O) groups excluding carboxylic acids is 1. The zero-order valence-electron chi connectivity index (χ0n) is 12.8. The Labute approximate surface area is 130 Å². The molecule has 0 saturated heterocycles. The van der Waals surface area contributed by atoms with Gasteiger partial charge in [-0.25, -0.2) is 4.39 Å². The van der Waals surface area contributed by atoms with Crippen LogP contribution in [0.2, 0.25) is 0 Å². The number of nitrogens with zero attached hydrogens (tertiary/aromatic N) is 1. The molecule has 0 radical (unpaired) electrons. The zero-order valence-corrected chi connectivity index (χ0v) is 12.8. The number of carbonyl (C=O) groups is 1. The Morgan fingerprint density at radius 1 is 1.26 bits per heavy atom. The third kappa shape index (κ3) is 4.09. The second-order valence-corrected chi connectivity index (χ2v) is 5.92. The second kappa shape index (κ2) is 6.41. The Morgan fingerprint density at radius 3 is 2.22 bits per heavy atom. The highest BCUT2D eigenvalue weighted by Crippen LogP contribution is 2.33. The predicted molar refractivity (Wildman–Crippen MR) is 75.9 cm³/mol. The third-order valence-electron chi connectivity index (χ3n) is 3.09. The number of aliphatic hydroxyl groups is 1. The predicted octanol–water partition coefficient (Wildman–Crippen LogP) is 4.58. The number of alkyl halides is 4. The van der Waals surface area contributed by atoms with E-state index in [9.17, 15) is 27.5 Å². The minimum absolute atomic E-state index is 0.311. The van der Waals surface area contributed by atoms with E-state index in [-0.39, 0.29) is 5.56 Å². The van der Waals surface area contributed by atoms with Crippen LogP contribution in [0.1, 0.15) is 37.5 Å². The molecule has 1 rings (SSSR count). The molecule has 0 fully saturated rings. The van der Waals surface area contributed by atoms with Crippen molar-refractivity contribution in [3.63, 3.8) is 0 Å². The standard InChI is InChI=1S/C16H15F4NO2/c1-15(2,3)14(23)12(8-21)13(22)11-5-4-10(16(18,19)20)6-9(11)7-17/h4-6,22H,7H2,1-3H3. The lowest BCUT2D eigenvalue weighted by Crippen LogP contribution is -2.22. The molecule has 124 valence electrons. The van der Waals surface area contributed by atoms with Crippen LogP contribution < -0.4 is 0 Å². The summed E-state index contributed by atoms with van der Waals surface area (Å²) in [5.74, 6) is -1.52. The Balaban J connectivity index is 3.53. The fourth-order valence-electron chi connectivity index (χ4n) is 1.83. The summed E-state index contributed by atoms with van der Waals surface area (Å²) in [7, 11) is 0. The van der Waals surface area contributed by atoms with Crippen LogP contribution in [0, 0.1) is 16.7 Å². The third-order valence-corrected chi connectivity index (χ3v) is 3.09. The fraction of sp³-hybridized carbons (Fsp3) is 0.375. The minimum Gasteiger partial charge on any atom is -0.506 e. The van der Waals surface area contributed by atoms with Crippen molar-refractivity contribution in [1.82, 2.24) is 0 Å². The average Bonchev–Trinajstić information content (AvgIpc) is 2.45. The molecular weight excluding hydrogens is 314 g/mol. The molecule has 0 amide bonds. The van der Waals surface area contributed by atoms with Crippen LogP contribution in [0.5, 0.6) is 0 Å². The molecule has 0 aromatic heterocycles. The van der Waals surface area contributed by atoms with E-state index in [0.717, 1.165) is 6.07 Å². The van der Waals surface area contributed by atoms with Crippen LogP contribution in [0.3, 0.4) is 0 Å². The van der Waals surface area contributed by atoms with Gasteiger partial charge in [-0.05, 0) is 17.7 Å². The van der Waals surface area contributed by atoms with E-state index in [1.165, 1.54) is 26.8 Å². The molecule has 0 aliphatic carbocycles. The van der Waals surface area contributed by atoms with Gasteiger partial charge in [-0.15, -0.1) is 0 Å². The summed E-state index contributed by atoms with van der Waals surface area (Å²) in [6.45, 7) is 3.26. The molecule has 0 atom stereocenters. The van der Waals surface area contributed by atoms with Crippen LogP contribution in [0.25, 0.3) is 5.76 Å². The summed E-state index contributed by atoms with van der Waals surface area (Å²) in [6, 6.07) is 3.58. The van der Waals surface area contributed by atoms with Gasteiger partial charge in [-0.1, -0.05) is 26.8 Å². The largest absolute Gasteiger partial charge is 0.506 e. The topological polar surface area (TPSA) is 61.1 Å². The summed E-state index contributed by atoms with van der Waals surface area (Å²) >= 11 is 0. The maximum Gasteiger partial charge on any atom is 0.416 e. The van der Waals surface area contributed by atoms with Crippen LogP contribution >= 0.6 is 0 Å². The fourth-order valence-corrected chi connectivity index (χ4v) is 1.83. The second-order valence-electron chi connectivity index (χ2n) is 5.92. The van der Waals surface area contributed by atoms with E-state index in [1.807, 2.05) is 0 Å². The molecule has 1 aromatic carbocycles. The SMILES string of the molecule is CC(C)(C)C(=O)C(C#N)=C(O)c1ccc(C(F)(F)F)cc1CF. The van der Waals surface area contributed by atoms with Crippen LogP contribution in [-0.2, 0) is 17.6 Å². The van der Waals surface area contributed by atoms with Gasteiger partial charge in [0, 0.05) is 11.0 Å². The van der Waals surface area contributed by atoms with Crippen molar-refractivity contribution in [2.24, 2.45) is 5.41 Å². The van der Waals surface area contributed by atoms with E-state index in [2.05, 4.69) is 0 Å². The summed E-state index contributed by atoms with van der Waals surface area (Å²) in [5, 5.41) is 19.2. The van der Waals surface area contributed by atoms with Crippen molar-refractivity contribution in [1.29, 1.82) is 5.26 Å². The first-order chi connectivity index (χ1) is 10.4. The lowest BCUT2D eigenvalue weighted by molar-refractivity contribution is -0.137. The van der Waals surface area contributed by atoms with Gasteiger partial charge in [0.05, 0.1) is 5.56 Å². The summed E-state index contributed by atoms with van der Waals surface area (Å²) in [5.41, 5.74) is -3.45. The number of halogens is 4. The van der Waals surface area contributed by atoms with Crippen LogP contribution in [-0.4, -0.2) is 10.9 Å². The lowest BCUT2D eigenvalue weighted by Gasteiger charge is -2.17. The zero-order chi connectivity index (χ0) is 18.0. The molecule has 0 unspecified atom stereocenters. The average molecular weight is 329 g/mol. The maximum atomic E-state index is 13.0. The first-order valence-corrected chi connectivity index (χ1v) is 6.58.